The molecule has 0 bridgehead atoms. The molecule has 0 spiro atoms. The number of aliphatic hydroxyl groups is 2. The summed E-state index contributed by atoms with van der Waals surface area (Å²) in [7, 11) is 1.45. The normalized spacial score (nSPS) is 24.7. The third kappa shape index (κ3) is 5.45. The van der Waals surface area contributed by atoms with Crippen molar-refractivity contribution in [3.8, 4) is 16.9 Å². The van der Waals surface area contributed by atoms with Crippen LogP contribution in [-0.2, 0) is 20.7 Å². The third-order valence-corrected chi connectivity index (χ3v) is 5.56. The molecule has 174 valence electrons. The number of benzene rings is 2. The Balaban J connectivity index is 1.88. The van der Waals surface area contributed by atoms with Gasteiger partial charge in [0.15, 0.2) is 0 Å². The minimum Gasteiger partial charge on any atom is -0.462 e. The van der Waals surface area contributed by atoms with E-state index in [2.05, 4.69) is 5.32 Å². The fourth-order valence-corrected chi connectivity index (χ4v) is 3.96. The van der Waals surface area contributed by atoms with E-state index in [4.69, 9.17) is 14.2 Å². The van der Waals surface area contributed by atoms with E-state index in [1.165, 1.54) is 26.2 Å². The van der Waals surface area contributed by atoms with Crippen LogP contribution in [0.1, 0.15) is 26.3 Å². The third-order valence-electron chi connectivity index (χ3n) is 5.56. The molecule has 8 heteroatoms. The highest BCUT2D eigenvalue weighted by atomic mass is 19.1. The first-order valence-electron chi connectivity index (χ1n) is 10.5. The minimum atomic E-state index is -1.32. The van der Waals surface area contributed by atoms with Crippen molar-refractivity contribution in [1.82, 2.24) is 5.32 Å². The molecule has 32 heavy (non-hydrogen) atoms. The topological polar surface area (TPSA) is 97.3 Å². The zero-order valence-corrected chi connectivity index (χ0v) is 18.7. The number of nitrogens with one attached hydrogen (secondary N) is 1. The first kappa shape index (κ1) is 24.1. The smallest absolute Gasteiger partial charge is 0.229 e. The number of carbonyl (C=O) groups excluding carboxylic acids is 1. The molecule has 0 saturated carbocycles. The maximum atomic E-state index is 13.4. The molecule has 1 aliphatic rings. The number of amides is 1. The summed E-state index contributed by atoms with van der Waals surface area (Å²) in [4.78, 5) is 11.2. The number of carbonyl (C=O) groups is 1. The van der Waals surface area contributed by atoms with E-state index in [-0.39, 0.29) is 11.7 Å². The van der Waals surface area contributed by atoms with E-state index in [1.807, 2.05) is 6.07 Å². The lowest BCUT2D eigenvalue weighted by atomic mass is 9.89. The summed E-state index contributed by atoms with van der Waals surface area (Å²) < 4.78 is 30.5. The second-order valence-corrected chi connectivity index (χ2v) is 8.40. The van der Waals surface area contributed by atoms with Crippen LogP contribution in [0.2, 0.25) is 0 Å². The monoisotopic (exact) mass is 447 g/mol. The molecular formula is C24H30FNO6. The van der Waals surface area contributed by atoms with Gasteiger partial charge in [0.25, 0.3) is 0 Å². The maximum absolute atomic E-state index is 13.4. The van der Waals surface area contributed by atoms with E-state index in [1.54, 1.807) is 38.1 Å². The number of aliphatic hydroxyl groups excluding tert-OH is 2. The molecular weight excluding hydrogens is 417 g/mol. The SMILES string of the molecule is CO[C@@H]1[C@@H](O)[C@@H](O)C(Oc2ccc(CCNC(C)=O)c(-c3ccc(F)cc3)c2)OC1(C)C. The lowest BCUT2D eigenvalue weighted by molar-refractivity contribution is -0.305. The highest BCUT2D eigenvalue weighted by Gasteiger charge is 2.50. The molecule has 7 nitrogen and oxygen atoms in total. The number of hydrogen-bond acceptors (Lipinski definition) is 6. The van der Waals surface area contributed by atoms with Gasteiger partial charge in [-0.05, 0) is 61.2 Å². The fourth-order valence-electron chi connectivity index (χ4n) is 3.96. The van der Waals surface area contributed by atoms with E-state index in [9.17, 15) is 19.4 Å². The van der Waals surface area contributed by atoms with Crippen LogP contribution in [0.25, 0.3) is 11.1 Å². The second-order valence-electron chi connectivity index (χ2n) is 8.40. The van der Waals surface area contributed by atoms with E-state index < -0.39 is 30.2 Å². The molecule has 2 aromatic rings. The van der Waals surface area contributed by atoms with Crippen LogP contribution in [0.5, 0.6) is 5.75 Å². The highest BCUT2D eigenvalue weighted by molar-refractivity contribution is 5.73. The molecule has 1 saturated heterocycles. The quantitative estimate of drug-likeness (QED) is 0.603. The Hall–Kier alpha value is -2.52. The number of halogens is 1. The number of rotatable bonds is 7. The summed E-state index contributed by atoms with van der Waals surface area (Å²) in [5.74, 6) is -0.0497. The highest BCUT2D eigenvalue weighted by Crippen LogP contribution is 2.34. The van der Waals surface area contributed by atoms with Gasteiger partial charge in [0.1, 0.15) is 29.9 Å². The molecule has 0 aromatic heterocycles. The summed E-state index contributed by atoms with van der Waals surface area (Å²) >= 11 is 0. The molecule has 1 aliphatic heterocycles. The first-order chi connectivity index (χ1) is 15.1. The predicted octanol–water partition coefficient (Wildman–Crippen LogP) is 2.42. The minimum absolute atomic E-state index is 0.118. The van der Waals surface area contributed by atoms with E-state index in [0.717, 1.165) is 16.7 Å². The van der Waals surface area contributed by atoms with Crippen molar-refractivity contribution in [1.29, 1.82) is 0 Å². The Labute approximate surface area is 187 Å². The van der Waals surface area contributed by atoms with Crippen LogP contribution < -0.4 is 10.1 Å². The van der Waals surface area contributed by atoms with Crippen LogP contribution in [-0.4, -0.2) is 60.0 Å². The summed E-state index contributed by atoms with van der Waals surface area (Å²) in [5.41, 5.74) is 1.62. The summed E-state index contributed by atoms with van der Waals surface area (Å²) in [6.45, 7) is 5.41. The van der Waals surface area contributed by atoms with Crippen LogP contribution in [0.3, 0.4) is 0 Å². The zero-order chi connectivity index (χ0) is 23.5. The molecule has 3 N–H and O–H groups in total. The fraction of sp³-hybridized carbons (Fsp3) is 0.458. The van der Waals surface area contributed by atoms with Gasteiger partial charge >= 0.3 is 0 Å². The van der Waals surface area contributed by atoms with Crippen molar-refractivity contribution in [3.05, 3.63) is 53.8 Å². The van der Waals surface area contributed by atoms with Crippen LogP contribution >= 0.6 is 0 Å². The second kappa shape index (κ2) is 9.95. The van der Waals surface area contributed by atoms with Crippen molar-refractivity contribution in [2.45, 2.75) is 57.4 Å². The van der Waals surface area contributed by atoms with Gasteiger partial charge in [-0.25, -0.2) is 4.39 Å². The Morgan fingerprint density at radius 3 is 2.47 bits per heavy atom. The molecule has 1 heterocycles. The molecule has 1 fully saturated rings. The van der Waals surface area contributed by atoms with Gasteiger partial charge in [0.05, 0.1) is 5.60 Å². The predicted molar refractivity (Wildman–Crippen MR) is 117 cm³/mol. The van der Waals surface area contributed by atoms with Gasteiger partial charge in [0.2, 0.25) is 12.2 Å². The average molecular weight is 448 g/mol. The standard InChI is InChI=1S/C24H30FNO6/c1-14(27)26-12-11-16-7-10-18(13-19(16)15-5-8-17(25)9-6-15)31-23-21(29)20(28)22(30-4)24(2,3)32-23/h5-10,13,20-23,28-29H,11-12H2,1-4H3,(H,26,27)/t20-,21+,22+,23?/m0/s1. The lowest BCUT2D eigenvalue weighted by Gasteiger charge is -2.46. The van der Waals surface area contributed by atoms with Crippen molar-refractivity contribution < 1.29 is 33.6 Å². The number of methoxy groups -OCH3 is 1. The summed E-state index contributed by atoms with van der Waals surface area (Å²) in [6.07, 6.45) is -3.78. The van der Waals surface area contributed by atoms with Gasteiger partial charge in [-0.1, -0.05) is 18.2 Å². The summed E-state index contributed by atoms with van der Waals surface area (Å²) in [6, 6.07) is 11.4. The Bertz CT molecular complexity index is 933. The largest absolute Gasteiger partial charge is 0.462 e. The molecule has 1 amide bonds. The zero-order valence-electron chi connectivity index (χ0n) is 18.7. The van der Waals surface area contributed by atoms with E-state index in [0.29, 0.717) is 18.7 Å². The van der Waals surface area contributed by atoms with E-state index >= 15 is 0 Å². The van der Waals surface area contributed by atoms with Crippen LogP contribution in [0.4, 0.5) is 4.39 Å². The van der Waals surface area contributed by atoms with Crippen LogP contribution in [0, 0.1) is 5.82 Å². The van der Waals surface area contributed by atoms with Crippen LogP contribution in [0.15, 0.2) is 42.5 Å². The van der Waals surface area contributed by atoms with Crippen molar-refractivity contribution in [2.75, 3.05) is 13.7 Å². The molecule has 3 rings (SSSR count). The molecule has 2 aromatic carbocycles. The Morgan fingerprint density at radius 1 is 1.16 bits per heavy atom. The molecule has 0 aliphatic carbocycles. The maximum Gasteiger partial charge on any atom is 0.229 e. The molecule has 4 atom stereocenters. The van der Waals surface area contributed by atoms with Gasteiger partial charge in [-0.3, -0.25) is 4.79 Å². The van der Waals surface area contributed by atoms with Gasteiger partial charge < -0.3 is 29.7 Å². The van der Waals surface area contributed by atoms with Gasteiger partial charge in [-0.2, -0.15) is 0 Å². The van der Waals surface area contributed by atoms with Crippen molar-refractivity contribution in [2.24, 2.45) is 0 Å². The molecule has 0 radical (unpaired) electrons. The average Bonchev–Trinajstić information content (AvgIpc) is 2.73. The Morgan fingerprint density at radius 2 is 1.84 bits per heavy atom. The molecule has 1 unspecified atom stereocenters. The van der Waals surface area contributed by atoms with Gasteiger partial charge in [0, 0.05) is 20.6 Å². The number of hydrogen-bond donors (Lipinski definition) is 3. The first-order valence-corrected chi connectivity index (χ1v) is 10.5. The van der Waals surface area contributed by atoms with Gasteiger partial charge in [-0.15, -0.1) is 0 Å². The Kier molecular flexibility index (Phi) is 7.51. The lowest BCUT2D eigenvalue weighted by Crippen LogP contribution is -2.63. The number of ether oxygens (including phenoxy) is 3. The van der Waals surface area contributed by atoms with Crippen molar-refractivity contribution >= 4 is 5.91 Å². The van der Waals surface area contributed by atoms with Crippen molar-refractivity contribution in [3.63, 3.8) is 0 Å². The summed E-state index contributed by atoms with van der Waals surface area (Å²) in [5, 5.41) is 23.7.